The lowest BCUT2D eigenvalue weighted by molar-refractivity contribution is -0.138. The van der Waals surface area contributed by atoms with Crippen LogP contribution in [0.4, 0.5) is 0 Å². The SMILES string of the molecule is CC(=O)N(C)C.CC(C)=O.CCC(C)=O.COC(C)=O.CS(C)(=O)=O. The van der Waals surface area contributed by atoms with Gasteiger partial charge in [-0.3, -0.25) is 9.59 Å². The minimum absolute atomic E-state index is 0.0926. The molecule has 0 aromatic heterocycles. The Morgan fingerprint density at radius 1 is 0.880 bits per heavy atom. The molecule has 0 spiro atoms. The molecule has 0 aliphatic carbocycles. The van der Waals surface area contributed by atoms with Crippen LogP contribution in [0.3, 0.4) is 0 Å². The fourth-order valence-electron chi connectivity index (χ4n) is 0. The van der Waals surface area contributed by atoms with E-state index in [2.05, 4.69) is 4.74 Å². The van der Waals surface area contributed by atoms with E-state index in [1.54, 1.807) is 21.0 Å². The van der Waals surface area contributed by atoms with Crippen LogP contribution in [0.5, 0.6) is 0 Å². The van der Waals surface area contributed by atoms with Crippen LogP contribution in [0.25, 0.3) is 0 Å². The number of amides is 1. The molecule has 0 aliphatic heterocycles. The van der Waals surface area contributed by atoms with E-state index in [9.17, 15) is 27.6 Å². The van der Waals surface area contributed by atoms with Gasteiger partial charge in [-0.1, -0.05) is 6.92 Å². The molecule has 0 aliphatic rings. The standard InChI is InChI=1S/C4H9NO.C4H8O.C3H6O2.C3H6O.C2H6O2S/c1-4(6)5(2)3;1-3-4(2)5;1-3(4)5-2;1-3(2)4;1-5(2,3)4/h1-3H3;3H2,1-2H3;1-2H3;1-2H3;1-2H3. The van der Waals surface area contributed by atoms with Crippen LogP contribution in [-0.4, -0.2) is 70.5 Å². The lowest BCUT2D eigenvalue weighted by atomic mass is 10.4. The van der Waals surface area contributed by atoms with Crippen LogP contribution >= 0.6 is 0 Å². The molecule has 9 heteroatoms. The van der Waals surface area contributed by atoms with Crippen molar-refractivity contribution in [3.63, 3.8) is 0 Å². The monoisotopic (exact) mass is 385 g/mol. The largest absolute Gasteiger partial charge is 0.469 e. The number of carbonyl (C=O) groups is 4. The first-order valence-electron chi connectivity index (χ1n) is 7.26. The quantitative estimate of drug-likeness (QED) is 0.628. The highest BCUT2D eigenvalue weighted by Crippen LogP contribution is 1.71. The summed E-state index contributed by atoms with van der Waals surface area (Å²) in [4.78, 5) is 40.4. The molecular weight excluding hydrogens is 350 g/mol. The Kier molecular flexibility index (Phi) is 30.7. The van der Waals surface area contributed by atoms with Crippen molar-refractivity contribution < 1.29 is 32.3 Å². The fraction of sp³-hybridized carbons (Fsp3) is 0.750. The molecule has 0 unspecified atom stereocenters. The second-order valence-corrected chi connectivity index (χ2v) is 7.50. The Balaban J connectivity index is -0.0000000671. The molecule has 8 nitrogen and oxygen atoms in total. The van der Waals surface area contributed by atoms with Crippen molar-refractivity contribution >= 4 is 33.3 Å². The van der Waals surface area contributed by atoms with Gasteiger partial charge in [0, 0.05) is 46.9 Å². The number of nitrogens with zero attached hydrogens (tertiary/aromatic N) is 1. The average molecular weight is 386 g/mol. The van der Waals surface area contributed by atoms with Crippen molar-refractivity contribution in [2.75, 3.05) is 33.7 Å². The minimum Gasteiger partial charge on any atom is -0.469 e. The van der Waals surface area contributed by atoms with Crippen LogP contribution in [0.1, 0.15) is 48.0 Å². The molecule has 0 heterocycles. The van der Waals surface area contributed by atoms with Crippen LogP contribution in [0.15, 0.2) is 0 Å². The van der Waals surface area contributed by atoms with Crippen molar-refractivity contribution in [3.8, 4) is 0 Å². The number of hydrogen-bond donors (Lipinski definition) is 0. The first-order chi connectivity index (χ1) is 10.9. The van der Waals surface area contributed by atoms with Crippen molar-refractivity contribution in [3.05, 3.63) is 0 Å². The number of esters is 1. The number of Topliss-reactive ketones (excluding diaryl/α,β-unsaturated/α-hetero) is 2. The normalized spacial score (nSPS) is 8.12. The van der Waals surface area contributed by atoms with Crippen LogP contribution in [0.2, 0.25) is 0 Å². The predicted molar refractivity (Wildman–Crippen MR) is 100 cm³/mol. The summed E-state index contributed by atoms with van der Waals surface area (Å²) in [6.45, 7) is 9.38. The van der Waals surface area contributed by atoms with E-state index < -0.39 is 9.84 Å². The van der Waals surface area contributed by atoms with Crippen LogP contribution in [0, 0.1) is 0 Å². The van der Waals surface area contributed by atoms with E-state index in [0.717, 1.165) is 12.5 Å². The highest BCUT2D eigenvalue weighted by Gasteiger charge is 1.87. The second kappa shape index (κ2) is 22.2. The third-order valence-electron chi connectivity index (χ3n) is 1.42. The summed E-state index contributed by atoms with van der Waals surface area (Å²) >= 11 is 0. The molecule has 0 rings (SSSR count). The lowest BCUT2D eigenvalue weighted by Crippen LogP contribution is -2.17. The van der Waals surface area contributed by atoms with Crippen molar-refractivity contribution in [2.24, 2.45) is 0 Å². The van der Waals surface area contributed by atoms with Gasteiger partial charge in [-0.25, -0.2) is 8.42 Å². The van der Waals surface area contributed by atoms with Gasteiger partial charge in [-0.05, 0) is 20.8 Å². The summed E-state index contributed by atoms with van der Waals surface area (Å²) in [6, 6.07) is 0. The molecule has 0 radical (unpaired) electrons. The van der Waals surface area contributed by atoms with E-state index in [1.807, 2.05) is 6.92 Å². The Hall–Kier alpha value is -1.77. The van der Waals surface area contributed by atoms with Gasteiger partial charge >= 0.3 is 5.97 Å². The fourth-order valence-corrected chi connectivity index (χ4v) is 0. The number of rotatable bonds is 1. The number of ketones is 2. The highest BCUT2D eigenvalue weighted by molar-refractivity contribution is 7.89. The minimum atomic E-state index is -2.67. The summed E-state index contributed by atoms with van der Waals surface area (Å²) in [5.74, 6) is 0.269. The van der Waals surface area contributed by atoms with Gasteiger partial charge in [0.15, 0.2) is 0 Å². The number of hydrogen-bond acceptors (Lipinski definition) is 7. The van der Waals surface area contributed by atoms with Gasteiger partial charge in [0.2, 0.25) is 5.91 Å². The van der Waals surface area contributed by atoms with E-state index >= 15 is 0 Å². The number of sulfone groups is 1. The molecule has 0 bridgehead atoms. The van der Waals surface area contributed by atoms with Crippen LogP contribution in [-0.2, 0) is 33.8 Å². The maximum atomic E-state index is 10.1. The Bertz CT molecular complexity index is 443. The molecule has 0 N–H and O–H groups in total. The van der Waals surface area contributed by atoms with Crippen molar-refractivity contribution in [1.82, 2.24) is 4.90 Å². The maximum absolute atomic E-state index is 10.1. The van der Waals surface area contributed by atoms with Gasteiger partial charge in [-0.2, -0.15) is 0 Å². The summed E-state index contributed by atoms with van der Waals surface area (Å²) < 4.78 is 23.4. The summed E-state index contributed by atoms with van der Waals surface area (Å²) in [7, 11) is 2.13. The van der Waals surface area contributed by atoms with Crippen molar-refractivity contribution in [1.29, 1.82) is 0 Å². The molecule has 25 heavy (non-hydrogen) atoms. The second-order valence-electron chi connectivity index (χ2n) is 5.22. The zero-order valence-electron chi connectivity index (χ0n) is 17.4. The third-order valence-corrected chi connectivity index (χ3v) is 1.42. The third kappa shape index (κ3) is 234. The first-order valence-corrected chi connectivity index (χ1v) is 9.56. The Morgan fingerprint density at radius 2 is 1.00 bits per heavy atom. The number of methoxy groups -OCH3 is 1. The maximum Gasteiger partial charge on any atom is 0.302 e. The molecule has 0 aromatic rings. The molecule has 152 valence electrons. The van der Waals surface area contributed by atoms with Gasteiger partial charge in [-0.15, -0.1) is 0 Å². The Morgan fingerprint density at radius 3 is 1.00 bits per heavy atom. The van der Waals surface area contributed by atoms with Gasteiger partial charge in [0.1, 0.15) is 21.4 Å². The van der Waals surface area contributed by atoms with E-state index in [-0.39, 0.29) is 23.4 Å². The molecule has 1 amide bonds. The average Bonchev–Trinajstić information content (AvgIpc) is 2.37. The smallest absolute Gasteiger partial charge is 0.302 e. The Labute approximate surface area is 152 Å². The van der Waals surface area contributed by atoms with Gasteiger partial charge < -0.3 is 19.2 Å². The number of carbonyl (C=O) groups excluding carboxylic acids is 4. The molecule has 0 aromatic carbocycles. The van der Waals surface area contributed by atoms with E-state index in [1.165, 1.54) is 39.7 Å². The highest BCUT2D eigenvalue weighted by atomic mass is 32.2. The topological polar surface area (TPSA) is 115 Å². The van der Waals surface area contributed by atoms with E-state index in [0.29, 0.717) is 6.42 Å². The summed E-state index contributed by atoms with van der Waals surface area (Å²) in [5.41, 5.74) is 0. The van der Waals surface area contributed by atoms with Gasteiger partial charge in [0.05, 0.1) is 7.11 Å². The lowest BCUT2D eigenvalue weighted by Gasteiger charge is -2.02. The van der Waals surface area contributed by atoms with Crippen LogP contribution < -0.4 is 0 Å². The number of ether oxygens (including phenoxy) is 1. The van der Waals surface area contributed by atoms with Crippen molar-refractivity contribution in [2.45, 2.75) is 48.0 Å². The molecule has 0 atom stereocenters. The van der Waals surface area contributed by atoms with Gasteiger partial charge in [0.25, 0.3) is 0 Å². The zero-order chi connectivity index (χ0) is 21.8. The molecule has 0 saturated heterocycles. The predicted octanol–water partition coefficient (Wildman–Crippen LogP) is 1.52. The molecular formula is C16H35NO7S. The molecule has 0 fully saturated rings. The first kappa shape index (κ1) is 34.5. The van der Waals surface area contributed by atoms with E-state index in [4.69, 9.17) is 0 Å². The zero-order valence-corrected chi connectivity index (χ0v) is 18.2. The summed E-state index contributed by atoms with van der Waals surface area (Å²) in [6.07, 6.45) is 2.99. The summed E-state index contributed by atoms with van der Waals surface area (Å²) in [5, 5.41) is 0. The molecule has 0 saturated carbocycles.